The van der Waals surface area contributed by atoms with E-state index < -0.39 is 0 Å². The van der Waals surface area contributed by atoms with Crippen LogP contribution in [-0.2, 0) is 6.42 Å². The molecule has 21 heavy (non-hydrogen) atoms. The number of carbonyl (C=O) groups is 1. The van der Waals surface area contributed by atoms with Crippen molar-refractivity contribution < 1.29 is 14.3 Å². The fraction of sp³-hybridized carbons (Fsp3) is 0.267. The van der Waals surface area contributed by atoms with Crippen LogP contribution in [0.25, 0.3) is 0 Å². The molecule has 1 atom stereocenters. The number of rotatable bonds is 3. The molecule has 0 saturated carbocycles. The number of hydrogen-bond acceptors (Lipinski definition) is 4. The highest BCUT2D eigenvalue weighted by molar-refractivity contribution is 7.12. The van der Waals surface area contributed by atoms with Crippen molar-refractivity contribution in [3.63, 3.8) is 0 Å². The highest BCUT2D eigenvalue weighted by Crippen LogP contribution is 2.34. The Morgan fingerprint density at radius 2 is 2.33 bits per heavy atom. The number of carbonyl (C=O) groups excluding carboxylic acids is 1. The normalized spacial score (nSPS) is 16.8. The molecule has 2 aromatic rings. The quantitative estimate of drug-likeness (QED) is 0.944. The molecule has 1 N–H and O–H groups in total. The predicted molar refractivity (Wildman–Crippen MR) is 82.8 cm³/mol. The van der Waals surface area contributed by atoms with E-state index in [0.29, 0.717) is 22.9 Å². The first-order chi connectivity index (χ1) is 10.2. The molecule has 3 rings (SSSR count). The van der Waals surface area contributed by atoms with Gasteiger partial charge in [-0.25, -0.2) is 0 Å². The van der Waals surface area contributed by atoms with E-state index in [1.165, 1.54) is 11.3 Å². The van der Waals surface area contributed by atoms with Gasteiger partial charge in [0.1, 0.15) is 11.5 Å². The van der Waals surface area contributed by atoms with Crippen LogP contribution in [0.2, 0.25) is 5.02 Å². The molecule has 0 aliphatic carbocycles. The van der Waals surface area contributed by atoms with Gasteiger partial charge in [-0.3, -0.25) is 4.79 Å². The second-order valence-corrected chi connectivity index (χ2v) is 6.06. The average Bonchev–Trinajstić information content (AvgIpc) is 2.92. The minimum Gasteiger partial charge on any atom is -0.493 e. The van der Waals surface area contributed by atoms with Crippen LogP contribution in [0.3, 0.4) is 0 Å². The first-order valence-corrected chi connectivity index (χ1v) is 7.77. The van der Waals surface area contributed by atoms with Crippen LogP contribution in [0.5, 0.6) is 11.5 Å². The molecule has 1 aliphatic heterocycles. The van der Waals surface area contributed by atoms with Crippen molar-refractivity contribution in [1.29, 1.82) is 0 Å². The average molecular weight is 324 g/mol. The molecule has 1 aromatic heterocycles. The number of fused-ring (bicyclic) bond motifs is 1. The summed E-state index contributed by atoms with van der Waals surface area (Å²) in [6, 6.07) is 7.41. The fourth-order valence-corrected chi connectivity index (χ4v) is 3.40. The largest absolute Gasteiger partial charge is 0.493 e. The van der Waals surface area contributed by atoms with E-state index in [4.69, 9.17) is 21.1 Å². The van der Waals surface area contributed by atoms with Gasteiger partial charge in [-0.05, 0) is 23.9 Å². The Bertz CT molecular complexity index is 671. The van der Waals surface area contributed by atoms with E-state index in [2.05, 4.69) is 5.32 Å². The maximum Gasteiger partial charge on any atom is 0.263 e. The maximum atomic E-state index is 12.2. The molecular weight excluding hydrogens is 310 g/mol. The summed E-state index contributed by atoms with van der Waals surface area (Å²) in [5.41, 5.74) is 1.03. The Balaban J connectivity index is 1.72. The topological polar surface area (TPSA) is 47.6 Å². The lowest BCUT2D eigenvalue weighted by atomic mass is 10.0. The fourth-order valence-electron chi connectivity index (χ4n) is 2.35. The van der Waals surface area contributed by atoms with Crippen LogP contribution < -0.4 is 14.8 Å². The number of amides is 1. The third kappa shape index (κ3) is 2.84. The Morgan fingerprint density at radius 1 is 1.48 bits per heavy atom. The van der Waals surface area contributed by atoms with Gasteiger partial charge in [0.25, 0.3) is 5.91 Å². The van der Waals surface area contributed by atoms with Crippen LogP contribution in [0.1, 0.15) is 15.2 Å². The van der Waals surface area contributed by atoms with Gasteiger partial charge in [-0.15, -0.1) is 11.3 Å². The van der Waals surface area contributed by atoms with Crippen molar-refractivity contribution in [2.75, 3.05) is 13.7 Å². The van der Waals surface area contributed by atoms with E-state index >= 15 is 0 Å². The SMILES string of the molecule is COc1cccc2c1OC[C@H](NC(=O)c1sccc1Cl)C2. The molecular formula is C15H14ClNO3S. The summed E-state index contributed by atoms with van der Waals surface area (Å²) in [4.78, 5) is 12.7. The molecule has 0 radical (unpaired) electrons. The van der Waals surface area contributed by atoms with E-state index in [-0.39, 0.29) is 11.9 Å². The molecule has 0 bridgehead atoms. The Morgan fingerprint density at radius 3 is 3.05 bits per heavy atom. The summed E-state index contributed by atoms with van der Waals surface area (Å²) in [5.74, 6) is 1.33. The highest BCUT2D eigenvalue weighted by Gasteiger charge is 2.25. The minimum absolute atomic E-state index is 0.0738. The molecule has 1 amide bonds. The van der Waals surface area contributed by atoms with Crippen molar-refractivity contribution in [2.24, 2.45) is 0 Å². The predicted octanol–water partition coefficient (Wildman–Crippen LogP) is 3.14. The number of halogens is 1. The second-order valence-electron chi connectivity index (χ2n) is 4.73. The van der Waals surface area contributed by atoms with Crippen LogP contribution >= 0.6 is 22.9 Å². The van der Waals surface area contributed by atoms with E-state index in [0.717, 1.165) is 17.1 Å². The van der Waals surface area contributed by atoms with Crippen LogP contribution in [0.4, 0.5) is 0 Å². The number of thiophene rings is 1. The first kappa shape index (κ1) is 14.2. The van der Waals surface area contributed by atoms with Gasteiger partial charge >= 0.3 is 0 Å². The number of ether oxygens (including phenoxy) is 2. The molecule has 4 nitrogen and oxygen atoms in total. The number of para-hydroxylation sites is 1. The molecule has 6 heteroatoms. The standard InChI is InChI=1S/C15H14ClNO3S/c1-19-12-4-2-3-9-7-10(8-20-13(9)12)17-15(18)14-11(16)5-6-21-14/h2-6,10H,7-8H2,1H3,(H,17,18)/t10-/m1/s1. The van der Waals surface area contributed by atoms with E-state index in [1.807, 2.05) is 18.2 Å². The van der Waals surface area contributed by atoms with Crippen molar-refractivity contribution in [3.8, 4) is 11.5 Å². The van der Waals surface area contributed by atoms with Gasteiger partial charge in [-0.1, -0.05) is 23.7 Å². The summed E-state index contributed by atoms with van der Waals surface area (Å²) >= 11 is 7.31. The molecule has 0 fully saturated rings. The lowest BCUT2D eigenvalue weighted by molar-refractivity contribution is 0.0919. The smallest absolute Gasteiger partial charge is 0.263 e. The number of benzene rings is 1. The van der Waals surface area contributed by atoms with Crippen molar-refractivity contribution >= 4 is 28.8 Å². The first-order valence-electron chi connectivity index (χ1n) is 6.51. The molecule has 1 aromatic carbocycles. The maximum absolute atomic E-state index is 12.2. The van der Waals surface area contributed by atoms with Crippen molar-refractivity contribution in [3.05, 3.63) is 45.1 Å². The number of hydrogen-bond donors (Lipinski definition) is 1. The van der Waals surface area contributed by atoms with Crippen molar-refractivity contribution in [2.45, 2.75) is 12.5 Å². The zero-order chi connectivity index (χ0) is 14.8. The molecule has 1 aliphatic rings. The summed E-state index contributed by atoms with van der Waals surface area (Å²) in [5, 5.41) is 5.24. The Hall–Kier alpha value is -1.72. The zero-order valence-corrected chi connectivity index (χ0v) is 13.0. The number of methoxy groups -OCH3 is 1. The van der Waals surface area contributed by atoms with E-state index in [1.54, 1.807) is 18.6 Å². The van der Waals surface area contributed by atoms with Crippen molar-refractivity contribution in [1.82, 2.24) is 5.32 Å². The summed E-state index contributed by atoms with van der Waals surface area (Å²) in [7, 11) is 1.62. The molecule has 0 unspecified atom stereocenters. The third-order valence-corrected chi connectivity index (χ3v) is 4.67. The van der Waals surface area contributed by atoms with Gasteiger partial charge in [0.05, 0.1) is 18.2 Å². The van der Waals surface area contributed by atoms with Gasteiger partial charge in [0, 0.05) is 5.56 Å². The Labute approximate surface area is 131 Å². The highest BCUT2D eigenvalue weighted by atomic mass is 35.5. The molecule has 0 saturated heterocycles. The van der Waals surface area contributed by atoms with Gasteiger partial charge in [0.2, 0.25) is 0 Å². The minimum atomic E-state index is -0.157. The zero-order valence-electron chi connectivity index (χ0n) is 11.4. The molecule has 2 heterocycles. The number of nitrogens with one attached hydrogen (secondary N) is 1. The summed E-state index contributed by atoms with van der Waals surface area (Å²) < 4.78 is 11.0. The van der Waals surface area contributed by atoms with Crippen LogP contribution in [0, 0.1) is 0 Å². The van der Waals surface area contributed by atoms with Gasteiger partial charge in [0.15, 0.2) is 11.5 Å². The Kier molecular flexibility index (Phi) is 4.03. The molecule has 110 valence electrons. The lowest BCUT2D eigenvalue weighted by Gasteiger charge is -2.27. The third-order valence-electron chi connectivity index (χ3n) is 3.33. The van der Waals surface area contributed by atoms with Crippen LogP contribution in [0.15, 0.2) is 29.6 Å². The second kappa shape index (κ2) is 5.95. The van der Waals surface area contributed by atoms with E-state index in [9.17, 15) is 4.79 Å². The summed E-state index contributed by atoms with van der Waals surface area (Å²) in [6.07, 6.45) is 0.710. The lowest BCUT2D eigenvalue weighted by Crippen LogP contribution is -2.42. The summed E-state index contributed by atoms with van der Waals surface area (Å²) in [6.45, 7) is 0.419. The van der Waals surface area contributed by atoms with Gasteiger partial charge < -0.3 is 14.8 Å². The van der Waals surface area contributed by atoms with Crippen LogP contribution in [-0.4, -0.2) is 25.7 Å². The van der Waals surface area contributed by atoms with Gasteiger partial charge in [-0.2, -0.15) is 0 Å². The molecule has 0 spiro atoms. The monoisotopic (exact) mass is 323 g/mol.